The van der Waals surface area contributed by atoms with E-state index in [4.69, 9.17) is 4.74 Å². The van der Waals surface area contributed by atoms with Crippen LogP contribution in [0.25, 0.3) is 6.08 Å². The molecule has 21 heavy (non-hydrogen) atoms. The summed E-state index contributed by atoms with van der Waals surface area (Å²) >= 11 is 1.76. The van der Waals surface area contributed by atoms with Gasteiger partial charge in [0.15, 0.2) is 5.78 Å². The zero-order chi connectivity index (χ0) is 14.7. The van der Waals surface area contributed by atoms with Crippen molar-refractivity contribution in [2.24, 2.45) is 0 Å². The largest absolute Gasteiger partial charge is 0.497 e. The average molecular weight is 298 g/mol. The van der Waals surface area contributed by atoms with Gasteiger partial charge in [0.25, 0.3) is 0 Å². The number of thiophene rings is 1. The number of benzene rings is 1. The smallest absolute Gasteiger partial charge is 0.159 e. The van der Waals surface area contributed by atoms with Crippen molar-refractivity contribution in [2.75, 3.05) is 7.11 Å². The summed E-state index contributed by atoms with van der Waals surface area (Å²) in [6, 6.07) is 12.0. The van der Waals surface area contributed by atoms with Crippen LogP contribution in [0.1, 0.15) is 35.6 Å². The maximum absolute atomic E-state index is 12.3. The van der Waals surface area contributed by atoms with Crippen LogP contribution < -0.4 is 4.74 Å². The van der Waals surface area contributed by atoms with Gasteiger partial charge in [0.1, 0.15) is 5.75 Å². The summed E-state index contributed by atoms with van der Waals surface area (Å²) in [5.74, 6) is 1.53. The first kappa shape index (κ1) is 14.1. The van der Waals surface area contributed by atoms with Crippen LogP contribution in [-0.2, 0) is 4.79 Å². The molecule has 0 radical (unpaired) electrons. The summed E-state index contributed by atoms with van der Waals surface area (Å²) in [5.41, 5.74) is 2.02. The van der Waals surface area contributed by atoms with Gasteiger partial charge in [-0.05, 0) is 53.6 Å². The zero-order valence-electron chi connectivity index (χ0n) is 12.0. The molecular weight excluding hydrogens is 280 g/mol. The van der Waals surface area contributed by atoms with Gasteiger partial charge in [0.2, 0.25) is 0 Å². The first-order valence-corrected chi connectivity index (χ1v) is 8.05. The second-order valence-corrected chi connectivity index (χ2v) is 6.30. The lowest BCUT2D eigenvalue weighted by Gasteiger charge is -2.22. The molecule has 1 aromatic heterocycles. The fourth-order valence-electron chi connectivity index (χ4n) is 2.75. The van der Waals surface area contributed by atoms with E-state index in [-0.39, 0.29) is 5.78 Å². The molecule has 1 heterocycles. The standard InChI is InChI=1S/C18H18O2S/c1-20-16-8-4-13(5-9-16)11-14-6-7-15(12-17(14)19)18-3-2-10-21-18/h2-5,8-11,15H,6-7,12H2,1H3/b14-11-. The van der Waals surface area contributed by atoms with Gasteiger partial charge in [0, 0.05) is 17.2 Å². The third-order valence-corrected chi connectivity index (χ3v) is 4.99. The summed E-state index contributed by atoms with van der Waals surface area (Å²) in [7, 11) is 1.66. The van der Waals surface area contributed by atoms with Gasteiger partial charge in [-0.3, -0.25) is 4.79 Å². The molecule has 2 aromatic rings. The number of Topliss-reactive ketones (excluding diaryl/α,β-unsaturated/α-hetero) is 1. The molecule has 1 aliphatic carbocycles. The quantitative estimate of drug-likeness (QED) is 0.769. The molecule has 3 rings (SSSR count). The Morgan fingerprint density at radius 2 is 2.05 bits per heavy atom. The number of hydrogen-bond donors (Lipinski definition) is 0. The Balaban J connectivity index is 1.72. The average Bonchev–Trinajstić information content (AvgIpc) is 3.04. The van der Waals surface area contributed by atoms with E-state index in [1.807, 2.05) is 30.3 Å². The van der Waals surface area contributed by atoms with E-state index < -0.39 is 0 Å². The molecule has 1 atom stereocenters. The van der Waals surface area contributed by atoms with Crippen molar-refractivity contribution in [3.63, 3.8) is 0 Å². The van der Waals surface area contributed by atoms with Crippen molar-refractivity contribution in [1.29, 1.82) is 0 Å². The summed E-state index contributed by atoms with van der Waals surface area (Å²) in [5, 5.41) is 2.09. The van der Waals surface area contributed by atoms with E-state index in [0.29, 0.717) is 12.3 Å². The molecule has 0 N–H and O–H groups in total. The van der Waals surface area contributed by atoms with E-state index in [9.17, 15) is 4.79 Å². The lowest BCUT2D eigenvalue weighted by Crippen LogP contribution is -2.15. The Morgan fingerprint density at radius 1 is 1.24 bits per heavy atom. The molecule has 0 saturated heterocycles. The van der Waals surface area contributed by atoms with Crippen molar-refractivity contribution in [1.82, 2.24) is 0 Å². The van der Waals surface area contributed by atoms with E-state index in [2.05, 4.69) is 17.5 Å². The van der Waals surface area contributed by atoms with Crippen molar-refractivity contribution in [3.05, 3.63) is 57.8 Å². The number of hydrogen-bond acceptors (Lipinski definition) is 3. The minimum Gasteiger partial charge on any atom is -0.497 e. The maximum atomic E-state index is 12.3. The molecule has 3 heteroatoms. The van der Waals surface area contributed by atoms with Gasteiger partial charge in [-0.15, -0.1) is 11.3 Å². The van der Waals surface area contributed by atoms with Crippen molar-refractivity contribution >= 4 is 23.2 Å². The third-order valence-electron chi connectivity index (χ3n) is 3.95. The van der Waals surface area contributed by atoms with Gasteiger partial charge < -0.3 is 4.74 Å². The minimum absolute atomic E-state index is 0.287. The molecule has 2 nitrogen and oxygen atoms in total. The maximum Gasteiger partial charge on any atom is 0.159 e. The van der Waals surface area contributed by atoms with E-state index in [0.717, 1.165) is 29.7 Å². The molecule has 1 saturated carbocycles. The van der Waals surface area contributed by atoms with Gasteiger partial charge in [0.05, 0.1) is 7.11 Å². The van der Waals surface area contributed by atoms with Crippen LogP contribution in [0.5, 0.6) is 5.75 Å². The highest BCUT2D eigenvalue weighted by Gasteiger charge is 2.25. The highest BCUT2D eigenvalue weighted by molar-refractivity contribution is 7.10. The van der Waals surface area contributed by atoms with Gasteiger partial charge in [-0.2, -0.15) is 0 Å². The topological polar surface area (TPSA) is 26.3 Å². The molecule has 0 spiro atoms. The molecule has 1 aliphatic rings. The Hall–Kier alpha value is -1.87. The SMILES string of the molecule is COc1ccc(/C=C2/CCC(c3cccs3)CC2=O)cc1. The lowest BCUT2D eigenvalue weighted by molar-refractivity contribution is -0.116. The number of ether oxygens (including phenoxy) is 1. The monoisotopic (exact) mass is 298 g/mol. The summed E-state index contributed by atoms with van der Waals surface area (Å²) in [4.78, 5) is 13.7. The normalized spacial score (nSPS) is 20.7. The number of ketones is 1. The summed E-state index contributed by atoms with van der Waals surface area (Å²) in [6.45, 7) is 0. The molecule has 1 unspecified atom stereocenters. The molecule has 1 fully saturated rings. The number of rotatable bonds is 3. The van der Waals surface area contributed by atoms with E-state index >= 15 is 0 Å². The van der Waals surface area contributed by atoms with Gasteiger partial charge >= 0.3 is 0 Å². The zero-order valence-corrected chi connectivity index (χ0v) is 12.9. The van der Waals surface area contributed by atoms with Crippen molar-refractivity contribution in [3.8, 4) is 5.75 Å². The van der Waals surface area contributed by atoms with Crippen LogP contribution in [0.15, 0.2) is 47.4 Å². The third kappa shape index (κ3) is 3.24. The predicted octanol–water partition coefficient (Wildman–Crippen LogP) is 4.68. The molecule has 0 amide bonds. The molecule has 0 bridgehead atoms. The molecule has 1 aromatic carbocycles. The molecular formula is C18H18O2S. The number of carbonyl (C=O) groups excluding carboxylic acids is 1. The molecule has 108 valence electrons. The second kappa shape index (κ2) is 6.27. The van der Waals surface area contributed by atoms with Crippen LogP contribution in [-0.4, -0.2) is 12.9 Å². The van der Waals surface area contributed by atoms with Crippen LogP contribution in [0.2, 0.25) is 0 Å². The van der Waals surface area contributed by atoms with E-state index in [1.54, 1.807) is 18.4 Å². The number of carbonyl (C=O) groups is 1. The second-order valence-electron chi connectivity index (χ2n) is 5.32. The fourth-order valence-corrected chi connectivity index (χ4v) is 3.61. The van der Waals surface area contributed by atoms with Crippen molar-refractivity contribution in [2.45, 2.75) is 25.2 Å². The summed E-state index contributed by atoms with van der Waals surface area (Å²) < 4.78 is 5.15. The fraction of sp³-hybridized carbons (Fsp3) is 0.278. The number of methoxy groups -OCH3 is 1. The summed E-state index contributed by atoms with van der Waals surface area (Å²) in [6.07, 6.45) is 4.59. The van der Waals surface area contributed by atoms with Crippen molar-refractivity contribution < 1.29 is 9.53 Å². The lowest BCUT2D eigenvalue weighted by atomic mass is 9.83. The Labute approximate surface area is 129 Å². The first-order chi connectivity index (χ1) is 10.3. The van der Waals surface area contributed by atoms with E-state index in [1.165, 1.54) is 4.88 Å². The Bertz CT molecular complexity index is 638. The van der Waals surface area contributed by atoms with Crippen LogP contribution in [0.3, 0.4) is 0 Å². The van der Waals surface area contributed by atoms with Gasteiger partial charge in [-0.25, -0.2) is 0 Å². The number of allylic oxidation sites excluding steroid dienone is 1. The minimum atomic E-state index is 0.287. The highest BCUT2D eigenvalue weighted by atomic mass is 32.1. The predicted molar refractivity (Wildman–Crippen MR) is 86.9 cm³/mol. The molecule has 0 aliphatic heterocycles. The highest BCUT2D eigenvalue weighted by Crippen LogP contribution is 2.36. The van der Waals surface area contributed by atoms with Gasteiger partial charge in [-0.1, -0.05) is 18.2 Å². The van der Waals surface area contributed by atoms with Crippen LogP contribution >= 0.6 is 11.3 Å². The van der Waals surface area contributed by atoms with Crippen LogP contribution in [0, 0.1) is 0 Å². The Kier molecular flexibility index (Phi) is 4.20. The Morgan fingerprint density at radius 3 is 2.67 bits per heavy atom. The van der Waals surface area contributed by atoms with Crippen LogP contribution in [0.4, 0.5) is 0 Å². The first-order valence-electron chi connectivity index (χ1n) is 7.17.